The fourth-order valence-electron chi connectivity index (χ4n) is 2.10. The lowest BCUT2D eigenvalue weighted by atomic mass is 10.2. The number of methoxy groups -OCH3 is 1. The fourth-order valence-corrected chi connectivity index (χ4v) is 3.12. The van der Waals surface area contributed by atoms with Crippen molar-refractivity contribution in [1.82, 2.24) is 4.98 Å². The molecule has 0 bridgehead atoms. The molecule has 2 aromatic carbocycles. The van der Waals surface area contributed by atoms with E-state index < -0.39 is 0 Å². The summed E-state index contributed by atoms with van der Waals surface area (Å²) < 4.78 is 11.6. The molecule has 3 aromatic rings. The molecule has 0 aliphatic heterocycles. The van der Waals surface area contributed by atoms with Crippen molar-refractivity contribution in [2.75, 3.05) is 13.7 Å². The van der Waals surface area contributed by atoms with Gasteiger partial charge in [-0.2, -0.15) is 0 Å². The van der Waals surface area contributed by atoms with Crippen LogP contribution in [0.15, 0.2) is 36.4 Å². The van der Waals surface area contributed by atoms with Gasteiger partial charge in [0.1, 0.15) is 22.3 Å². The molecule has 4 nitrogen and oxygen atoms in total. The normalized spacial score (nSPS) is 10.8. The second-order valence-electron chi connectivity index (χ2n) is 4.46. The zero-order valence-electron chi connectivity index (χ0n) is 11.8. The van der Waals surface area contributed by atoms with E-state index in [2.05, 4.69) is 4.98 Å². The molecular formula is C16H15NO3S. The zero-order chi connectivity index (χ0) is 14.8. The highest BCUT2D eigenvalue weighted by Crippen LogP contribution is 2.37. The summed E-state index contributed by atoms with van der Waals surface area (Å²) in [5.74, 6) is 1.62. The van der Waals surface area contributed by atoms with E-state index >= 15 is 0 Å². The Morgan fingerprint density at radius 2 is 1.95 bits per heavy atom. The number of hydrogen-bond donors (Lipinski definition) is 1. The van der Waals surface area contributed by atoms with Crippen molar-refractivity contribution in [3.05, 3.63) is 36.4 Å². The van der Waals surface area contributed by atoms with Crippen LogP contribution in [0.2, 0.25) is 0 Å². The Morgan fingerprint density at radius 1 is 1.14 bits per heavy atom. The van der Waals surface area contributed by atoms with Crippen LogP contribution in [0.4, 0.5) is 0 Å². The molecule has 5 heteroatoms. The second kappa shape index (κ2) is 5.61. The average molecular weight is 301 g/mol. The minimum Gasteiger partial charge on any atom is -0.507 e. The minimum absolute atomic E-state index is 0.165. The molecule has 108 valence electrons. The third-order valence-electron chi connectivity index (χ3n) is 3.11. The van der Waals surface area contributed by atoms with Crippen LogP contribution in [0.3, 0.4) is 0 Å². The van der Waals surface area contributed by atoms with E-state index in [4.69, 9.17) is 9.47 Å². The first kappa shape index (κ1) is 13.7. The second-order valence-corrected chi connectivity index (χ2v) is 5.50. The summed E-state index contributed by atoms with van der Waals surface area (Å²) in [7, 11) is 1.57. The van der Waals surface area contributed by atoms with Crippen LogP contribution in [-0.2, 0) is 0 Å². The molecule has 0 spiro atoms. The van der Waals surface area contributed by atoms with Gasteiger partial charge in [0, 0.05) is 6.07 Å². The summed E-state index contributed by atoms with van der Waals surface area (Å²) >= 11 is 1.53. The summed E-state index contributed by atoms with van der Waals surface area (Å²) in [5.41, 5.74) is 1.60. The van der Waals surface area contributed by atoms with Gasteiger partial charge in [0.25, 0.3) is 0 Å². The van der Waals surface area contributed by atoms with Gasteiger partial charge < -0.3 is 14.6 Å². The first-order valence-electron chi connectivity index (χ1n) is 6.62. The Morgan fingerprint density at radius 3 is 2.67 bits per heavy atom. The number of aromatic nitrogens is 1. The molecule has 0 amide bonds. The molecule has 0 atom stereocenters. The molecule has 0 aliphatic rings. The van der Waals surface area contributed by atoms with E-state index in [0.29, 0.717) is 17.9 Å². The van der Waals surface area contributed by atoms with E-state index in [0.717, 1.165) is 21.0 Å². The first-order chi connectivity index (χ1) is 10.2. The maximum absolute atomic E-state index is 10.1. The summed E-state index contributed by atoms with van der Waals surface area (Å²) in [4.78, 5) is 4.56. The predicted molar refractivity (Wildman–Crippen MR) is 84.4 cm³/mol. The topological polar surface area (TPSA) is 51.6 Å². The average Bonchev–Trinajstić information content (AvgIpc) is 2.90. The van der Waals surface area contributed by atoms with Gasteiger partial charge in [-0.25, -0.2) is 4.98 Å². The maximum atomic E-state index is 10.1. The summed E-state index contributed by atoms with van der Waals surface area (Å²) in [6.45, 7) is 2.59. The summed E-state index contributed by atoms with van der Waals surface area (Å²) in [6.07, 6.45) is 0. The van der Waals surface area contributed by atoms with Crippen LogP contribution in [0.1, 0.15) is 6.92 Å². The summed E-state index contributed by atoms with van der Waals surface area (Å²) in [6, 6.07) is 11.0. The maximum Gasteiger partial charge on any atom is 0.129 e. The van der Waals surface area contributed by atoms with Crippen LogP contribution >= 0.6 is 11.3 Å². The van der Waals surface area contributed by atoms with Crippen LogP contribution < -0.4 is 9.47 Å². The van der Waals surface area contributed by atoms with Crippen molar-refractivity contribution < 1.29 is 14.6 Å². The Labute approximate surface area is 126 Å². The van der Waals surface area contributed by atoms with Crippen molar-refractivity contribution in [3.8, 4) is 27.8 Å². The molecular weight excluding hydrogens is 286 g/mol. The molecule has 0 saturated carbocycles. The number of ether oxygens (including phenoxy) is 2. The van der Waals surface area contributed by atoms with Crippen molar-refractivity contribution in [3.63, 3.8) is 0 Å². The molecule has 0 radical (unpaired) electrons. The Hall–Kier alpha value is -2.27. The highest BCUT2D eigenvalue weighted by Gasteiger charge is 2.11. The standard InChI is InChI=1S/C16H15NO3S/c1-3-20-11-5-7-13-15(9-11)21-16(17-13)12-6-4-10(19-2)8-14(12)18/h4-9,18H,3H2,1-2H3. The van der Waals surface area contributed by atoms with Crippen LogP contribution in [0, 0.1) is 0 Å². The van der Waals surface area contributed by atoms with Crippen LogP contribution in [0.25, 0.3) is 20.8 Å². The lowest BCUT2D eigenvalue weighted by molar-refractivity contribution is 0.341. The van der Waals surface area contributed by atoms with E-state index in [1.54, 1.807) is 13.2 Å². The largest absolute Gasteiger partial charge is 0.507 e. The van der Waals surface area contributed by atoms with Crippen LogP contribution in [0.5, 0.6) is 17.2 Å². The van der Waals surface area contributed by atoms with Gasteiger partial charge in [-0.05, 0) is 37.3 Å². The van der Waals surface area contributed by atoms with Crippen molar-refractivity contribution in [2.24, 2.45) is 0 Å². The molecule has 1 aromatic heterocycles. The Balaban J connectivity index is 2.04. The van der Waals surface area contributed by atoms with Gasteiger partial charge in [-0.3, -0.25) is 0 Å². The van der Waals surface area contributed by atoms with E-state index in [9.17, 15) is 5.11 Å². The van der Waals surface area contributed by atoms with Crippen LogP contribution in [-0.4, -0.2) is 23.8 Å². The number of thiazole rings is 1. The number of fused-ring (bicyclic) bond motifs is 1. The molecule has 1 heterocycles. The molecule has 0 fully saturated rings. The monoisotopic (exact) mass is 301 g/mol. The van der Waals surface area contributed by atoms with Gasteiger partial charge in [-0.1, -0.05) is 0 Å². The fraction of sp³-hybridized carbons (Fsp3) is 0.188. The number of aromatic hydroxyl groups is 1. The van der Waals surface area contributed by atoms with Crippen molar-refractivity contribution >= 4 is 21.6 Å². The molecule has 3 rings (SSSR count). The number of hydrogen-bond acceptors (Lipinski definition) is 5. The zero-order valence-corrected chi connectivity index (χ0v) is 12.6. The molecule has 21 heavy (non-hydrogen) atoms. The number of benzene rings is 2. The van der Waals surface area contributed by atoms with Crippen molar-refractivity contribution in [1.29, 1.82) is 0 Å². The van der Waals surface area contributed by atoms with Gasteiger partial charge >= 0.3 is 0 Å². The van der Waals surface area contributed by atoms with E-state index in [1.807, 2.05) is 37.3 Å². The molecule has 1 N–H and O–H groups in total. The predicted octanol–water partition coefficient (Wildman–Crippen LogP) is 4.08. The molecule has 0 unspecified atom stereocenters. The first-order valence-corrected chi connectivity index (χ1v) is 7.43. The highest BCUT2D eigenvalue weighted by atomic mass is 32.1. The van der Waals surface area contributed by atoms with Gasteiger partial charge in [0.15, 0.2) is 0 Å². The minimum atomic E-state index is 0.165. The number of phenolic OH excluding ortho intramolecular Hbond substituents is 1. The summed E-state index contributed by atoms with van der Waals surface area (Å²) in [5, 5.41) is 10.9. The number of nitrogens with zero attached hydrogens (tertiary/aromatic N) is 1. The Kier molecular flexibility index (Phi) is 3.66. The van der Waals surface area contributed by atoms with Gasteiger partial charge in [0.05, 0.1) is 29.5 Å². The van der Waals surface area contributed by atoms with Gasteiger partial charge in [0.2, 0.25) is 0 Å². The lowest BCUT2D eigenvalue weighted by Gasteiger charge is -2.03. The quantitative estimate of drug-likeness (QED) is 0.789. The third kappa shape index (κ3) is 2.64. The highest BCUT2D eigenvalue weighted by molar-refractivity contribution is 7.21. The number of phenols is 1. The Bertz CT molecular complexity index is 782. The molecule has 0 aliphatic carbocycles. The number of rotatable bonds is 4. The molecule has 0 saturated heterocycles. The van der Waals surface area contributed by atoms with E-state index in [1.165, 1.54) is 11.3 Å². The SMILES string of the molecule is CCOc1ccc2nc(-c3ccc(OC)cc3O)sc2c1. The van der Waals surface area contributed by atoms with Crippen molar-refractivity contribution in [2.45, 2.75) is 6.92 Å². The van der Waals surface area contributed by atoms with Gasteiger partial charge in [-0.15, -0.1) is 11.3 Å². The third-order valence-corrected chi connectivity index (χ3v) is 4.16. The lowest BCUT2D eigenvalue weighted by Crippen LogP contribution is -1.89. The smallest absolute Gasteiger partial charge is 0.129 e. The van der Waals surface area contributed by atoms with E-state index in [-0.39, 0.29) is 5.75 Å².